The highest BCUT2D eigenvalue weighted by Gasteiger charge is 2.08. The monoisotopic (exact) mass is 283 g/mol. The summed E-state index contributed by atoms with van der Waals surface area (Å²) in [6.07, 6.45) is 4.35. The maximum absolute atomic E-state index is 3.57. The van der Waals surface area contributed by atoms with E-state index < -0.39 is 0 Å². The van der Waals surface area contributed by atoms with Crippen molar-refractivity contribution >= 4 is 34.0 Å². The minimum absolute atomic E-state index is 1.20. The zero-order valence-electron chi connectivity index (χ0n) is 12.5. The average Bonchev–Trinajstić information content (AvgIpc) is 2.96. The molecular formula is C21H17N. The van der Waals surface area contributed by atoms with Crippen LogP contribution < -0.4 is 0 Å². The molecule has 3 aromatic carbocycles. The molecule has 0 atom stereocenters. The molecule has 0 aliphatic carbocycles. The van der Waals surface area contributed by atoms with Crippen molar-refractivity contribution < 1.29 is 0 Å². The van der Waals surface area contributed by atoms with Gasteiger partial charge in [-0.1, -0.05) is 72.8 Å². The highest BCUT2D eigenvalue weighted by Crippen LogP contribution is 2.31. The molecular weight excluding hydrogens is 266 g/mol. The van der Waals surface area contributed by atoms with Crippen molar-refractivity contribution in [1.29, 1.82) is 0 Å². The van der Waals surface area contributed by atoms with Gasteiger partial charge in [0.05, 0.1) is 5.52 Å². The fourth-order valence-electron chi connectivity index (χ4n) is 3.04. The maximum atomic E-state index is 3.57. The van der Waals surface area contributed by atoms with Crippen LogP contribution in [0.25, 0.3) is 34.0 Å². The molecule has 1 aromatic heterocycles. The first-order valence-electron chi connectivity index (χ1n) is 7.56. The van der Waals surface area contributed by atoms with E-state index in [-0.39, 0.29) is 0 Å². The predicted octanol–water partition coefficient (Wildman–Crippen LogP) is 5.80. The summed E-state index contributed by atoms with van der Waals surface area (Å²) in [5, 5.41) is 2.62. The quantitative estimate of drug-likeness (QED) is 0.447. The van der Waals surface area contributed by atoms with Gasteiger partial charge in [-0.3, -0.25) is 0 Å². The fourth-order valence-corrected chi connectivity index (χ4v) is 3.04. The normalized spacial score (nSPS) is 11.7. The zero-order chi connectivity index (χ0) is 14.9. The van der Waals surface area contributed by atoms with Crippen molar-refractivity contribution in [2.45, 2.75) is 6.92 Å². The highest BCUT2D eigenvalue weighted by molar-refractivity contribution is 6.11. The third kappa shape index (κ3) is 2.11. The van der Waals surface area contributed by atoms with E-state index in [1.54, 1.807) is 0 Å². The Morgan fingerprint density at radius 1 is 0.773 bits per heavy atom. The second-order valence-electron chi connectivity index (χ2n) is 5.64. The number of H-pyrrole nitrogens is 1. The maximum Gasteiger partial charge on any atom is 0.0541 e. The van der Waals surface area contributed by atoms with Gasteiger partial charge in [-0.15, -0.1) is 0 Å². The predicted molar refractivity (Wildman–Crippen MR) is 95.9 cm³/mol. The van der Waals surface area contributed by atoms with Crippen molar-refractivity contribution in [3.8, 4) is 0 Å². The molecule has 0 saturated heterocycles. The molecule has 0 aliphatic rings. The summed E-state index contributed by atoms with van der Waals surface area (Å²) >= 11 is 0. The fraction of sp³-hybridized carbons (Fsp3) is 0.0476. The number of aryl methyl sites for hydroxylation is 1. The van der Waals surface area contributed by atoms with E-state index in [1.165, 1.54) is 38.5 Å². The molecule has 106 valence electrons. The molecule has 0 amide bonds. The van der Waals surface area contributed by atoms with Crippen molar-refractivity contribution in [3.05, 3.63) is 83.4 Å². The zero-order valence-corrected chi connectivity index (χ0v) is 12.5. The van der Waals surface area contributed by atoms with Crippen molar-refractivity contribution in [3.63, 3.8) is 0 Å². The van der Waals surface area contributed by atoms with Gasteiger partial charge in [-0.25, -0.2) is 0 Å². The van der Waals surface area contributed by atoms with Crippen molar-refractivity contribution in [2.75, 3.05) is 0 Å². The lowest BCUT2D eigenvalue weighted by Crippen LogP contribution is -1.80. The Labute approximate surface area is 129 Å². The van der Waals surface area contributed by atoms with Gasteiger partial charge in [-0.05, 0) is 29.7 Å². The molecule has 4 aromatic rings. The van der Waals surface area contributed by atoms with Gasteiger partial charge in [-0.2, -0.15) is 0 Å². The first-order valence-corrected chi connectivity index (χ1v) is 7.56. The third-order valence-corrected chi connectivity index (χ3v) is 4.16. The molecule has 1 N–H and O–H groups in total. The van der Waals surface area contributed by atoms with Crippen LogP contribution in [0.3, 0.4) is 0 Å². The lowest BCUT2D eigenvalue weighted by Gasteiger charge is -2.01. The van der Waals surface area contributed by atoms with Crippen LogP contribution in [0.1, 0.15) is 16.7 Å². The van der Waals surface area contributed by atoms with Crippen LogP contribution >= 0.6 is 0 Å². The van der Waals surface area contributed by atoms with E-state index in [0.717, 1.165) is 0 Å². The average molecular weight is 283 g/mol. The summed E-state index contributed by atoms with van der Waals surface area (Å²) in [4.78, 5) is 3.57. The van der Waals surface area contributed by atoms with Crippen molar-refractivity contribution in [2.24, 2.45) is 0 Å². The molecule has 0 saturated carbocycles. The Bertz CT molecular complexity index is 975. The first kappa shape index (κ1) is 12.9. The number of nitrogens with one attached hydrogen (secondary N) is 1. The number of fused-ring (bicyclic) bond motifs is 3. The summed E-state index contributed by atoms with van der Waals surface area (Å²) in [6.45, 7) is 2.17. The number of benzene rings is 3. The van der Waals surface area contributed by atoms with Crippen molar-refractivity contribution in [1.82, 2.24) is 4.98 Å². The van der Waals surface area contributed by atoms with Crippen LogP contribution in [-0.2, 0) is 0 Å². The summed E-state index contributed by atoms with van der Waals surface area (Å²) in [5.41, 5.74) is 6.16. The van der Waals surface area contributed by atoms with E-state index in [4.69, 9.17) is 0 Å². The molecule has 0 radical (unpaired) electrons. The van der Waals surface area contributed by atoms with E-state index in [9.17, 15) is 0 Å². The number of aromatic nitrogens is 1. The lowest BCUT2D eigenvalue weighted by atomic mass is 10.0. The number of aromatic amines is 1. The molecule has 0 spiro atoms. The number of rotatable bonds is 2. The Morgan fingerprint density at radius 2 is 1.55 bits per heavy atom. The molecule has 22 heavy (non-hydrogen) atoms. The second-order valence-corrected chi connectivity index (χ2v) is 5.64. The summed E-state index contributed by atoms with van der Waals surface area (Å²) in [7, 11) is 0. The van der Waals surface area contributed by atoms with Gasteiger partial charge in [0.1, 0.15) is 0 Å². The summed E-state index contributed by atoms with van der Waals surface area (Å²) in [5.74, 6) is 0. The molecule has 0 fully saturated rings. The van der Waals surface area contributed by atoms with E-state index in [1.807, 2.05) is 6.07 Å². The Hall–Kier alpha value is -2.80. The number of hydrogen-bond donors (Lipinski definition) is 1. The minimum atomic E-state index is 1.20. The molecule has 1 nitrogen and oxygen atoms in total. The van der Waals surface area contributed by atoms with Crippen LogP contribution in [0.4, 0.5) is 0 Å². The number of para-hydroxylation sites is 1. The lowest BCUT2D eigenvalue weighted by molar-refractivity contribution is 1.49. The third-order valence-electron chi connectivity index (χ3n) is 4.16. The summed E-state index contributed by atoms with van der Waals surface area (Å²) < 4.78 is 0. The molecule has 0 unspecified atom stereocenters. The van der Waals surface area contributed by atoms with Gasteiger partial charge in [0, 0.05) is 16.3 Å². The van der Waals surface area contributed by atoms with Gasteiger partial charge in [0.15, 0.2) is 0 Å². The standard InChI is InChI=1S/C21H17N/c1-15-11-13-17(14-12-16-7-3-2-4-8-16)21-20(15)18-9-5-6-10-19(18)22-21/h2-14,22H,1H3. The van der Waals surface area contributed by atoms with Gasteiger partial charge < -0.3 is 4.98 Å². The second kappa shape index (κ2) is 5.19. The smallest absolute Gasteiger partial charge is 0.0541 e. The van der Waals surface area contributed by atoms with Crippen LogP contribution in [0.15, 0.2) is 66.7 Å². The molecule has 1 heterocycles. The van der Waals surface area contributed by atoms with Gasteiger partial charge in [0.25, 0.3) is 0 Å². The van der Waals surface area contributed by atoms with E-state index in [2.05, 4.69) is 84.7 Å². The molecule has 0 bridgehead atoms. The molecule has 1 heteroatoms. The Kier molecular flexibility index (Phi) is 3.05. The Morgan fingerprint density at radius 3 is 2.41 bits per heavy atom. The van der Waals surface area contributed by atoms with Crippen LogP contribution in [-0.4, -0.2) is 4.98 Å². The molecule has 4 rings (SSSR count). The van der Waals surface area contributed by atoms with Crippen LogP contribution in [0.5, 0.6) is 0 Å². The minimum Gasteiger partial charge on any atom is -0.354 e. The Balaban J connectivity index is 1.92. The molecule has 0 aliphatic heterocycles. The SMILES string of the molecule is Cc1ccc(C=Cc2ccccc2)c2[nH]c3ccccc3c12. The first-order chi connectivity index (χ1) is 10.8. The van der Waals surface area contributed by atoms with Crippen LogP contribution in [0, 0.1) is 6.92 Å². The van der Waals surface area contributed by atoms with E-state index >= 15 is 0 Å². The van der Waals surface area contributed by atoms with Gasteiger partial charge in [0.2, 0.25) is 0 Å². The van der Waals surface area contributed by atoms with E-state index in [0.29, 0.717) is 0 Å². The largest absolute Gasteiger partial charge is 0.354 e. The van der Waals surface area contributed by atoms with Crippen LogP contribution in [0.2, 0.25) is 0 Å². The van der Waals surface area contributed by atoms with Gasteiger partial charge >= 0.3 is 0 Å². The number of hydrogen-bond acceptors (Lipinski definition) is 0. The topological polar surface area (TPSA) is 15.8 Å². The summed E-state index contributed by atoms with van der Waals surface area (Å²) in [6, 6.07) is 23.3. The highest BCUT2D eigenvalue weighted by atomic mass is 14.7.